The van der Waals surface area contributed by atoms with Crippen LogP contribution in [0.15, 0.2) is 4.99 Å². The molecule has 2 atom stereocenters. The van der Waals surface area contributed by atoms with Crippen LogP contribution in [0.4, 0.5) is 0 Å². The number of thioether (sulfide) groups is 1. The van der Waals surface area contributed by atoms with Crippen molar-refractivity contribution < 1.29 is 0 Å². The van der Waals surface area contributed by atoms with Gasteiger partial charge in [-0.3, -0.25) is 4.99 Å². The quantitative estimate of drug-likeness (QED) is 0.646. The van der Waals surface area contributed by atoms with Crippen molar-refractivity contribution in [3.8, 4) is 0 Å². The summed E-state index contributed by atoms with van der Waals surface area (Å²) in [6.45, 7) is 7.32. The van der Waals surface area contributed by atoms with Crippen LogP contribution in [0.1, 0.15) is 37.8 Å². The third-order valence-electron chi connectivity index (χ3n) is 4.94. The first-order valence-electron chi connectivity index (χ1n) is 8.57. The Morgan fingerprint density at radius 2 is 2.30 bits per heavy atom. The van der Waals surface area contributed by atoms with Gasteiger partial charge in [0.2, 0.25) is 0 Å². The molecule has 2 aliphatic rings. The summed E-state index contributed by atoms with van der Waals surface area (Å²) in [6.07, 6.45) is 4.81. The third kappa shape index (κ3) is 4.00. The molecule has 3 rings (SSSR count). The summed E-state index contributed by atoms with van der Waals surface area (Å²) in [5.41, 5.74) is 0. The Kier molecular flexibility index (Phi) is 5.14. The lowest BCUT2D eigenvalue weighted by Gasteiger charge is -2.27. The van der Waals surface area contributed by atoms with Gasteiger partial charge < -0.3 is 15.2 Å². The molecule has 0 radical (unpaired) electrons. The van der Waals surface area contributed by atoms with Crippen molar-refractivity contribution in [2.24, 2.45) is 10.9 Å². The van der Waals surface area contributed by atoms with Crippen molar-refractivity contribution >= 4 is 17.7 Å². The van der Waals surface area contributed by atoms with E-state index in [1.807, 2.05) is 14.0 Å². The predicted molar refractivity (Wildman–Crippen MR) is 96.0 cm³/mol. The van der Waals surface area contributed by atoms with Crippen LogP contribution in [0.3, 0.4) is 0 Å². The van der Waals surface area contributed by atoms with Crippen LogP contribution in [0, 0.1) is 12.8 Å². The van der Waals surface area contributed by atoms with Crippen molar-refractivity contribution in [2.45, 2.75) is 50.8 Å². The molecule has 128 valence electrons. The smallest absolute Gasteiger partial charge is 0.191 e. The normalized spacial score (nSPS) is 27.8. The number of nitrogens with zero attached hydrogens (tertiary/aromatic N) is 4. The molecule has 0 saturated carbocycles. The second-order valence-electron chi connectivity index (χ2n) is 6.89. The van der Waals surface area contributed by atoms with Gasteiger partial charge in [0, 0.05) is 37.8 Å². The van der Waals surface area contributed by atoms with E-state index in [1.165, 1.54) is 18.6 Å². The maximum Gasteiger partial charge on any atom is 0.191 e. The van der Waals surface area contributed by atoms with Crippen molar-refractivity contribution in [3.05, 3.63) is 11.6 Å². The van der Waals surface area contributed by atoms with Crippen LogP contribution in [0.25, 0.3) is 0 Å². The topological polar surface area (TPSA) is 67.1 Å². The highest BCUT2D eigenvalue weighted by Crippen LogP contribution is 2.36. The molecule has 23 heavy (non-hydrogen) atoms. The van der Waals surface area contributed by atoms with Crippen LogP contribution >= 0.6 is 11.8 Å². The molecule has 1 fully saturated rings. The predicted octanol–water partition coefficient (Wildman–Crippen LogP) is 1.60. The Morgan fingerprint density at radius 3 is 3.04 bits per heavy atom. The Balaban J connectivity index is 1.46. The Hall–Kier alpha value is -1.24. The molecule has 0 spiro atoms. The van der Waals surface area contributed by atoms with Crippen molar-refractivity contribution in [3.63, 3.8) is 0 Å². The van der Waals surface area contributed by atoms with E-state index in [4.69, 9.17) is 0 Å². The molecule has 1 saturated heterocycles. The lowest BCUT2D eigenvalue weighted by Crippen LogP contribution is -2.45. The van der Waals surface area contributed by atoms with Gasteiger partial charge in [-0.25, -0.2) is 0 Å². The fourth-order valence-corrected chi connectivity index (χ4v) is 4.65. The fourth-order valence-electron chi connectivity index (χ4n) is 3.41. The Labute approximate surface area is 142 Å². The zero-order valence-corrected chi connectivity index (χ0v) is 15.2. The van der Waals surface area contributed by atoms with Gasteiger partial charge >= 0.3 is 0 Å². The summed E-state index contributed by atoms with van der Waals surface area (Å²) in [7, 11) is 1.85. The minimum absolute atomic E-state index is 0.358. The van der Waals surface area contributed by atoms with Crippen LogP contribution < -0.4 is 10.6 Å². The summed E-state index contributed by atoms with van der Waals surface area (Å²) < 4.78 is 2.61. The number of aromatic nitrogens is 3. The van der Waals surface area contributed by atoms with Gasteiger partial charge in [-0.05, 0) is 44.8 Å². The molecule has 2 unspecified atom stereocenters. The first-order valence-corrected chi connectivity index (χ1v) is 9.55. The van der Waals surface area contributed by atoms with Gasteiger partial charge in [0.25, 0.3) is 0 Å². The molecule has 7 heteroatoms. The number of hydrogen-bond donors (Lipinski definition) is 2. The SMILES string of the molecule is CN=C(NCC1CCc2nnc(C)n2C1)NCC1(C)CCCS1. The zero-order valence-electron chi connectivity index (χ0n) is 14.4. The van der Waals surface area contributed by atoms with E-state index in [9.17, 15) is 0 Å². The van der Waals surface area contributed by atoms with E-state index in [-0.39, 0.29) is 0 Å². The first-order chi connectivity index (χ1) is 11.1. The van der Waals surface area contributed by atoms with Gasteiger partial charge in [0.15, 0.2) is 5.96 Å². The standard InChI is InChI=1S/C16H28N6S/c1-12-20-21-14-6-5-13(10-22(12)14)9-18-15(17-3)19-11-16(2)7-4-8-23-16/h13H,4-11H2,1-3H3,(H2,17,18,19). The Morgan fingerprint density at radius 1 is 1.43 bits per heavy atom. The number of guanidine groups is 1. The maximum absolute atomic E-state index is 4.37. The summed E-state index contributed by atoms with van der Waals surface area (Å²) >= 11 is 2.08. The molecular weight excluding hydrogens is 308 g/mol. The zero-order chi connectivity index (χ0) is 16.3. The number of aliphatic imine (C=N–C) groups is 1. The molecule has 3 heterocycles. The van der Waals surface area contributed by atoms with E-state index < -0.39 is 0 Å². The van der Waals surface area contributed by atoms with Crippen LogP contribution in [0.2, 0.25) is 0 Å². The highest BCUT2D eigenvalue weighted by Gasteiger charge is 2.29. The van der Waals surface area contributed by atoms with E-state index in [0.29, 0.717) is 10.7 Å². The van der Waals surface area contributed by atoms with Crippen molar-refractivity contribution in [1.82, 2.24) is 25.4 Å². The first kappa shape index (κ1) is 16.6. The molecule has 1 aromatic rings. The molecule has 2 aliphatic heterocycles. The number of rotatable bonds is 4. The molecule has 0 bridgehead atoms. The minimum atomic E-state index is 0.358. The summed E-state index contributed by atoms with van der Waals surface area (Å²) in [4.78, 5) is 4.37. The minimum Gasteiger partial charge on any atom is -0.356 e. The van der Waals surface area contributed by atoms with Gasteiger partial charge in [-0.2, -0.15) is 11.8 Å². The highest BCUT2D eigenvalue weighted by atomic mass is 32.2. The molecule has 6 nitrogen and oxygen atoms in total. The molecule has 0 aliphatic carbocycles. The molecule has 2 N–H and O–H groups in total. The third-order valence-corrected chi connectivity index (χ3v) is 6.48. The summed E-state index contributed by atoms with van der Waals surface area (Å²) in [5.74, 6) is 4.97. The molecule has 0 amide bonds. The van der Waals surface area contributed by atoms with Gasteiger partial charge in [0.1, 0.15) is 11.6 Å². The summed E-state index contributed by atoms with van der Waals surface area (Å²) in [6, 6.07) is 0. The average molecular weight is 337 g/mol. The van der Waals surface area contributed by atoms with E-state index in [0.717, 1.165) is 50.1 Å². The number of fused-ring (bicyclic) bond motifs is 1. The second kappa shape index (κ2) is 7.11. The van der Waals surface area contributed by atoms with Gasteiger partial charge in [-0.1, -0.05) is 0 Å². The van der Waals surface area contributed by atoms with Crippen LogP contribution in [0.5, 0.6) is 0 Å². The van der Waals surface area contributed by atoms with Gasteiger partial charge in [-0.15, -0.1) is 10.2 Å². The number of aryl methyl sites for hydroxylation is 2. The van der Waals surface area contributed by atoms with E-state index in [1.54, 1.807) is 0 Å². The number of nitrogens with one attached hydrogen (secondary N) is 2. The van der Waals surface area contributed by atoms with Crippen LogP contribution in [-0.4, -0.2) is 51.4 Å². The van der Waals surface area contributed by atoms with Crippen molar-refractivity contribution in [2.75, 3.05) is 25.9 Å². The largest absolute Gasteiger partial charge is 0.356 e. The van der Waals surface area contributed by atoms with E-state index >= 15 is 0 Å². The monoisotopic (exact) mass is 336 g/mol. The highest BCUT2D eigenvalue weighted by molar-refractivity contribution is 8.00. The molecule has 1 aromatic heterocycles. The Bertz CT molecular complexity index is 561. The average Bonchev–Trinajstić information content (AvgIpc) is 3.15. The van der Waals surface area contributed by atoms with E-state index in [2.05, 4.69) is 49.1 Å². The lowest BCUT2D eigenvalue weighted by molar-refractivity contribution is 0.358. The van der Waals surface area contributed by atoms with Crippen molar-refractivity contribution in [1.29, 1.82) is 0 Å². The van der Waals surface area contributed by atoms with Gasteiger partial charge in [0.05, 0.1) is 0 Å². The lowest BCUT2D eigenvalue weighted by atomic mass is 9.99. The van der Waals surface area contributed by atoms with Crippen LogP contribution in [-0.2, 0) is 13.0 Å². The second-order valence-corrected chi connectivity index (χ2v) is 8.57. The number of hydrogen-bond acceptors (Lipinski definition) is 4. The maximum atomic E-state index is 4.37. The summed E-state index contributed by atoms with van der Waals surface area (Å²) in [5, 5.41) is 15.4. The molecule has 0 aromatic carbocycles. The fraction of sp³-hybridized carbons (Fsp3) is 0.812. The molecular formula is C16H28N6S.